The fourth-order valence-electron chi connectivity index (χ4n) is 2.68. The SMILES string of the molecule is CCC(C)NC(=O)C(C)NCC1CCCCC1CO. The summed E-state index contributed by atoms with van der Waals surface area (Å²) >= 11 is 0. The molecule has 0 radical (unpaired) electrons. The number of hydrogen-bond acceptors (Lipinski definition) is 3. The van der Waals surface area contributed by atoms with Gasteiger partial charge < -0.3 is 15.7 Å². The molecule has 19 heavy (non-hydrogen) atoms. The molecule has 0 heterocycles. The molecule has 0 saturated heterocycles. The van der Waals surface area contributed by atoms with Gasteiger partial charge in [0.1, 0.15) is 0 Å². The Labute approximate surface area is 117 Å². The van der Waals surface area contributed by atoms with Crippen LogP contribution in [0.3, 0.4) is 0 Å². The Morgan fingerprint density at radius 2 is 1.89 bits per heavy atom. The lowest BCUT2D eigenvalue weighted by Crippen LogP contribution is -2.47. The number of amides is 1. The maximum Gasteiger partial charge on any atom is 0.237 e. The predicted octanol–water partition coefficient (Wildman–Crippen LogP) is 1.68. The Hall–Kier alpha value is -0.610. The summed E-state index contributed by atoms with van der Waals surface area (Å²) in [6.07, 6.45) is 5.71. The second-order valence-corrected chi connectivity index (χ2v) is 5.94. The summed E-state index contributed by atoms with van der Waals surface area (Å²) in [6.45, 7) is 7.11. The van der Waals surface area contributed by atoms with Gasteiger partial charge in [0, 0.05) is 12.6 Å². The van der Waals surface area contributed by atoms with Crippen molar-refractivity contribution in [1.29, 1.82) is 0 Å². The first-order valence-corrected chi connectivity index (χ1v) is 7.73. The molecule has 0 aromatic rings. The lowest BCUT2D eigenvalue weighted by Gasteiger charge is -2.31. The van der Waals surface area contributed by atoms with Crippen molar-refractivity contribution in [3.05, 3.63) is 0 Å². The third-order valence-electron chi connectivity index (χ3n) is 4.38. The molecular weight excluding hydrogens is 240 g/mol. The zero-order valence-electron chi connectivity index (χ0n) is 12.6. The zero-order valence-corrected chi connectivity index (χ0v) is 12.6. The highest BCUT2D eigenvalue weighted by atomic mass is 16.3. The molecule has 4 nitrogen and oxygen atoms in total. The average molecular weight is 270 g/mol. The Bertz CT molecular complexity index is 271. The van der Waals surface area contributed by atoms with Crippen molar-refractivity contribution in [2.75, 3.05) is 13.2 Å². The van der Waals surface area contributed by atoms with E-state index in [1.54, 1.807) is 0 Å². The van der Waals surface area contributed by atoms with Gasteiger partial charge in [-0.25, -0.2) is 0 Å². The van der Waals surface area contributed by atoms with Crippen LogP contribution in [0, 0.1) is 11.8 Å². The van der Waals surface area contributed by atoms with Crippen molar-refractivity contribution in [3.8, 4) is 0 Å². The van der Waals surface area contributed by atoms with E-state index in [4.69, 9.17) is 0 Å². The molecule has 1 fully saturated rings. The molecule has 4 atom stereocenters. The largest absolute Gasteiger partial charge is 0.396 e. The highest BCUT2D eigenvalue weighted by Crippen LogP contribution is 2.29. The highest BCUT2D eigenvalue weighted by Gasteiger charge is 2.25. The van der Waals surface area contributed by atoms with Crippen LogP contribution < -0.4 is 10.6 Å². The smallest absolute Gasteiger partial charge is 0.237 e. The second-order valence-electron chi connectivity index (χ2n) is 5.94. The van der Waals surface area contributed by atoms with Crippen LogP contribution in [0.25, 0.3) is 0 Å². The van der Waals surface area contributed by atoms with E-state index in [0.29, 0.717) is 11.8 Å². The average Bonchev–Trinajstić information content (AvgIpc) is 2.44. The summed E-state index contributed by atoms with van der Waals surface area (Å²) in [7, 11) is 0. The fraction of sp³-hybridized carbons (Fsp3) is 0.933. The maximum absolute atomic E-state index is 11.9. The number of aliphatic hydroxyl groups excluding tert-OH is 1. The zero-order chi connectivity index (χ0) is 14.3. The Kier molecular flexibility index (Phi) is 7.39. The summed E-state index contributed by atoms with van der Waals surface area (Å²) in [5.41, 5.74) is 0. The summed E-state index contributed by atoms with van der Waals surface area (Å²) in [6, 6.07) is 0.0758. The van der Waals surface area contributed by atoms with Crippen LogP contribution in [-0.2, 0) is 4.79 Å². The van der Waals surface area contributed by atoms with E-state index in [1.807, 2.05) is 13.8 Å². The van der Waals surface area contributed by atoms with Crippen molar-refractivity contribution in [3.63, 3.8) is 0 Å². The van der Waals surface area contributed by atoms with Gasteiger partial charge in [0.05, 0.1) is 6.04 Å². The van der Waals surface area contributed by atoms with E-state index >= 15 is 0 Å². The third-order valence-corrected chi connectivity index (χ3v) is 4.38. The van der Waals surface area contributed by atoms with Crippen molar-refractivity contribution >= 4 is 5.91 Å². The Balaban J connectivity index is 2.31. The van der Waals surface area contributed by atoms with Crippen LogP contribution >= 0.6 is 0 Å². The predicted molar refractivity (Wildman–Crippen MR) is 77.9 cm³/mol. The fourth-order valence-corrected chi connectivity index (χ4v) is 2.68. The van der Waals surface area contributed by atoms with Crippen molar-refractivity contribution in [2.24, 2.45) is 11.8 Å². The van der Waals surface area contributed by atoms with Gasteiger partial charge in [0.25, 0.3) is 0 Å². The van der Waals surface area contributed by atoms with Crippen molar-refractivity contribution in [1.82, 2.24) is 10.6 Å². The van der Waals surface area contributed by atoms with E-state index in [0.717, 1.165) is 25.8 Å². The Morgan fingerprint density at radius 1 is 1.26 bits per heavy atom. The lowest BCUT2D eigenvalue weighted by molar-refractivity contribution is -0.123. The number of carbonyl (C=O) groups excluding carboxylic acids is 1. The van der Waals surface area contributed by atoms with Crippen LogP contribution in [-0.4, -0.2) is 36.2 Å². The molecule has 1 saturated carbocycles. The molecule has 0 aliphatic heterocycles. The summed E-state index contributed by atoms with van der Waals surface area (Å²) in [5, 5.41) is 15.7. The standard InChI is InChI=1S/C15H30N2O2/c1-4-11(2)17-15(19)12(3)16-9-13-7-5-6-8-14(13)10-18/h11-14,16,18H,4-10H2,1-3H3,(H,17,19). The van der Waals surface area contributed by atoms with E-state index in [9.17, 15) is 9.90 Å². The number of hydrogen-bond donors (Lipinski definition) is 3. The summed E-state index contributed by atoms with van der Waals surface area (Å²) in [4.78, 5) is 11.9. The minimum Gasteiger partial charge on any atom is -0.396 e. The molecule has 0 bridgehead atoms. The first-order valence-electron chi connectivity index (χ1n) is 7.73. The number of nitrogens with one attached hydrogen (secondary N) is 2. The first kappa shape index (κ1) is 16.4. The summed E-state index contributed by atoms with van der Waals surface area (Å²) in [5.74, 6) is 0.995. The van der Waals surface area contributed by atoms with Gasteiger partial charge in [-0.2, -0.15) is 0 Å². The monoisotopic (exact) mass is 270 g/mol. The van der Waals surface area contributed by atoms with E-state index in [1.165, 1.54) is 12.8 Å². The molecule has 3 N–H and O–H groups in total. The number of rotatable bonds is 7. The number of aliphatic hydroxyl groups is 1. The molecule has 1 rings (SSSR count). The van der Waals surface area contributed by atoms with E-state index in [2.05, 4.69) is 17.6 Å². The van der Waals surface area contributed by atoms with E-state index in [-0.39, 0.29) is 24.6 Å². The normalized spacial score (nSPS) is 26.7. The number of carbonyl (C=O) groups is 1. The molecule has 0 spiro atoms. The van der Waals surface area contributed by atoms with Crippen molar-refractivity contribution < 1.29 is 9.90 Å². The molecule has 4 unspecified atom stereocenters. The minimum atomic E-state index is -0.157. The van der Waals surface area contributed by atoms with Gasteiger partial charge in [-0.15, -0.1) is 0 Å². The van der Waals surface area contributed by atoms with Crippen LogP contribution in [0.1, 0.15) is 52.9 Å². The maximum atomic E-state index is 11.9. The topological polar surface area (TPSA) is 61.4 Å². The van der Waals surface area contributed by atoms with E-state index < -0.39 is 0 Å². The quantitative estimate of drug-likeness (QED) is 0.659. The molecule has 1 aliphatic rings. The van der Waals surface area contributed by atoms with Gasteiger partial charge in [0.15, 0.2) is 0 Å². The molecule has 0 aromatic heterocycles. The van der Waals surface area contributed by atoms with Gasteiger partial charge in [-0.1, -0.05) is 19.8 Å². The van der Waals surface area contributed by atoms with Gasteiger partial charge in [0.2, 0.25) is 5.91 Å². The molecule has 1 amide bonds. The molecular formula is C15H30N2O2. The minimum absolute atomic E-state index is 0.0747. The van der Waals surface area contributed by atoms with Crippen molar-refractivity contribution in [2.45, 2.75) is 65.0 Å². The van der Waals surface area contributed by atoms with Crippen LogP contribution in [0.2, 0.25) is 0 Å². The van der Waals surface area contributed by atoms with Gasteiger partial charge in [-0.05, 0) is 51.5 Å². The van der Waals surface area contributed by atoms with Crippen LogP contribution in [0.5, 0.6) is 0 Å². The van der Waals surface area contributed by atoms with Crippen LogP contribution in [0.15, 0.2) is 0 Å². The summed E-state index contributed by atoms with van der Waals surface area (Å²) < 4.78 is 0. The second kappa shape index (κ2) is 8.54. The van der Waals surface area contributed by atoms with Gasteiger partial charge in [-0.3, -0.25) is 4.79 Å². The first-order chi connectivity index (χ1) is 9.08. The molecule has 0 aromatic carbocycles. The highest BCUT2D eigenvalue weighted by molar-refractivity contribution is 5.81. The van der Waals surface area contributed by atoms with Crippen LogP contribution in [0.4, 0.5) is 0 Å². The lowest BCUT2D eigenvalue weighted by atomic mass is 9.79. The molecule has 4 heteroatoms. The van der Waals surface area contributed by atoms with Gasteiger partial charge >= 0.3 is 0 Å². The molecule has 112 valence electrons. The molecule has 1 aliphatic carbocycles. The third kappa shape index (κ3) is 5.49. The Morgan fingerprint density at radius 3 is 2.47 bits per heavy atom.